The molecule has 0 heterocycles. The second kappa shape index (κ2) is 7.73. The van der Waals surface area contributed by atoms with Crippen LogP contribution in [0.5, 0.6) is 0 Å². The van der Waals surface area contributed by atoms with Crippen LogP contribution in [0.2, 0.25) is 0 Å². The fourth-order valence-electron chi connectivity index (χ4n) is 1.30. The number of hydrogen-bond acceptors (Lipinski definition) is 3. The van der Waals surface area contributed by atoms with Crippen molar-refractivity contribution in [3.05, 3.63) is 27.3 Å². The number of halogens is 4. The van der Waals surface area contributed by atoms with Gasteiger partial charge in [0.05, 0.1) is 11.3 Å². The second-order valence-electron chi connectivity index (χ2n) is 3.67. The first-order chi connectivity index (χ1) is 9.69. The van der Waals surface area contributed by atoms with Crippen molar-refractivity contribution >= 4 is 52.0 Å². The maximum absolute atomic E-state index is 11.9. The minimum atomic E-state index is -4.34. The summed E-state index contributed by atoms with van der Waals surface area (Å²) in [5, 5.41) is 13.5. The average Bonchev–Trinajstić information content (AvgIpc) is 2.35. The number of carbonyl (C=O) groups excluding carboxylic acids is 1. The number of carboxylic acids is 1. The van der Waals surface area contributed by atoms with Crippen LogP contribution in [-0.2, 0) is 0 Å². The molecule has 0 unspecified atom stereocenters. The number of hydrogen-bond donors (Lipinski definition) is 3. The van der Waals surface area contributed by atoms with Crippen LogP contribution in [0.15, 0.2) is 18.2 Å². The molecule has 0 spiro atoms. The monoisotopic (exact) mass is 434 g/mol. The maximum atomic E-state index is 11.9. The number of aromatic carboxylic acids is 1. The lowest BCUT2D eigenvalue weighted by Crippen LogP contribution is -2.31. The Labute approximate surface area is 135 Å². The zero-order chi connectivity index (χ0) is 16.0. The van der Waals surface area contributed by atoms with Crippen LogP contribution in [0.25, 0.3) is 0 Å². The molecule has 0 atom stereocenters. The maximum Gasteiger partial charge on any atom is 0.441 e. The van der Waals surface area contributed by atoms with E-state index in [2.05, 4.69) is 10.6 Å². The third kappa shape index (κ3) is 6.89. The van der Waals surface area contributed by atoms with Gasteiger partial charge in [0.1, 0.15) is 0 Å². The molecule has 21 heavy (non-hydrogen) atoms. The van der Waals surface area contributed by atoms with E-state index in [1.807, 2.05) is 22.6 Å². The van der Waals surface area contributed by atoms with Crippen molar-refractivity contribution in [2.75, 3.05) is 17.6 Å². The van der Waals surface area contributed by atoms with Crippen molar-refractivity contribution < 1.29 is 27.9 Å². The first-order valence-corrected chi connectivity index (χ1v) is 7.54. The molecule has 0 aromatic heterocycles. The SMILES string of the molecule is O=C(NCCSC(F)(F)F)Nc1ccc(I)cc1C(=O)O. The third-order valence-corrected chi connectivity index (χ3v) is 3.52. The van der Waals surface area contributed by atoms with Gasteiger partial charge in [-0.2, -0.15) is 13.2 Å². The normalized spacial score (nSPS) is 11.0. The summed E-state index contributed by atoms with van der Waals surface area (Å²) in [6.45, 7) is -0.192. The van der Waals surface area contributed by atoms with Gasteiger partial charge in [-0.1, -0.05) is 0 Å². The van der Waals surface area contributed by atoms with E-state index >= 15 is 0 Å². The summed E-state index contributed by atoms with van der Waals surface area (Å²) < 4.78 is 36.3. The summed E-state index contributed by atoms with van der Waals surface area (Å²) in [6, 6.07) is 3.62. The van der Waals surface area contributed by atoms with Crippen LogP contribution in [0, 0.1) is 3.57 Å². The lowest BCUT2D eigenvalue weighted by molar-refractivity contribution is -0.0327. The molecule has 0 saturated carbocycles. The van der Waals surface area contributed by atoms with Gasteiger partial charge in [-0.3, -0.25) is 0 Å². The van der Waals surface area contributed by atoms with Crippen LogP contribution in [0.4, 0.5) is 23.7 Å². The van der Waals surface area contributed by atoms with E-state index in [4.69, 9.17) is 5.11 Å². The summed E-state index contributed by atoms with van der Waals surface area (Å²) in [7, 11) is 0. The van der Waals surface area contributed by atoms with Gasteiger partial charge in [0, 0.05) is 15.9 Å². The molecule has 1 aromatic carbocycles. The Morgan fingerprint density at radius 3 is 2.57 bits per heavy atom. The fourth-order valence-corrected chi connectivity index (χ4v) is 2.23. The summed E-state index contributed by atoms with van der Waals surface area (Å²) in [5.74, 6) is -1.54. The van der Waals surface area contributed by atoms with Gasteiger partial charge in [0.25, 0.3) is 0 Å². The lowest BCUT2D eigenvalue weighted by Gasteiger charge is -2.10. The van der Waals surface area contributed by atoms with E-state index in [0.717, 1.165) is 0 Å². The van der Waals surface area contributed by atoms with Crippen molar-refractivity contribution in [3.8, 4) is 0 Å². The van der Waals surface area contributed by atoms with Crippen LogP contribution in [-0.4, -0.2) is 34.9 Å². The minimum Gasteiger partial charge on any atom is -0.478 e. The number of nitrogens with one attached hydrogen (secondary N) is 2. The van der Waals surface area contributed by atoms with Crippen molar-refractivity contribution in [1.29, 1.82) is 0 Å². The molecule has 0 aliphatic heterocycles. The summed E-state index contributed by atoms with van der Waals surface area (Å²) >= 11 is 1.68. The Kier molecular flexibility index (Phi) is 6.58. The molecule has 1 rings (SSSR count). The van der Waals surface area contributed by atoms with E-state index in [1.165, 1.54) is 12.1 Å². The highest BCUT2D eigenvalue weighted by Gasteiger charge is 2.27. The second-order valence-corrected chi connectivity index (χ2v) is 6.08. The molecule has 0 fully saturated rings. The van der Waals surface area contributed by atoms with E-state index < -0.39 is 17.5 Å². The molecule has 5 nitrogen and oxygen atoms in total. The van der Waals surface area contributed by atoms with E-state index in [1.54, 1.807) is 6.07 Å². The molecule has 0 radical (unpaired) electrons. The lowest BCUT2D eigenvalue weighted by atomic mass is 10.2. The smallest absolute Gasteiger partial charge is 0.441 e. The Morgan fingerprint density at radius 1 is 1.33 bits per heavy atom. The van der Waals surface area contributed by atoms with E-state index in [9.17, 15) is 22.8 Å². The summed E-state index contributed by atoms with van der Waals surface area (Å²) in [6.07, 6.45) is 0. The van der Waals surface area contributed by atoms with Gasteiger partial charge >= 0.3 is 17.5 Å². The summed E-state index contributed by atoms with van der Waals surface area (Å²) in [4.78, 5) is 22.5. The fraction of sp³-hybridized carbons (Fsp3) is 0.273. The number of urea groups is 1. The van der Waals surface area contributed by atoms with Gasteiger partial charge in [0.15, 0.2) is 0 Å². The number of amides is 2. The number of anilines is 1. The average molecular weight is 434 g/mol. The Bertz CT molecular complexity index is 540. The standard InChI is InChI=1S/C11H10F3IN2O3S/c12-11(13,14)21-4-3-16-10(20)17-8-2-1-6(15)5-7(8)9(18)19/h1-2,5H,3-4H2,(H,18,19)(H2,16,17,20). The van der Waals surface area contributed by atoms with Crippen LogP contribution < -0.4 is 10.6 Å². The van der Waals surface area contributed by atoms with Gasteiger partial charge < -0.3 is 15.7 Å². The van der Waals surface area contributed by atoms with Crippen LogP contribution >= 0.6 is 34.4 Å². The van der Waals surface area contributed by atoms with Crippen molar-refractivity contribution in [2.45, 2.75) is 5.51 Å². The highest BCUT2D eigenvalue weighted by molar-refractivity contribution is 14.1. The van der Waals surface area contributed by atoms with Crippen molar-refractivity contribution in [2.24, 2.45) is 0 Å². The molecule has 10 heteroatoms. The van der Waals surface area contributed by atoms with Crippen molar-refractivity contribution in [3.63, 3.8) is 0 Å². The first kappa shape index (κ1) is 17.9. The molecule has 0 aliphatic rings. The molecule has 0 bridgehead atoms. The molecule has 1 aromatic rings. The zero-order valence-corrected chi connectivity index (χ0v) is 13.3. The number of rotatable bonds is 5. The summed E-state index contributed by atoms with van der Waals surface area (Å²) in [5.41, 5.74) is -4.37. The van der Waals surface area contributed by atoms with Crippen LogP contribution in [0.3, 0.4) is 0 Å². The minimum absolute atomic E-state index is 0.0730. The molecule has 3 N–H and O–H groups in total. The Hall–Kier alpha value is -1.17. The number of carboxylic acid groups (broad SMARTS) is 1. The van der Waals surface area contributed by atoms with Gasteiger partial charge in [0.2, 0.25) is 0 Å². The third-order valence-electron chi connectivity index (χ3n) is 2.11. The van der Waals surface area contributed by atoms with Gasteiger partial charge in [-0.25, -0.2) is 9.59 Å². The number of thioether (sulfide) groups is 1. The highest BCUT2D eigenvalue weighted by Crippen LogP contribution is 2.29. The molecule has 2 amide bonds. The zero-order valence-electron chi connectivity index (χ0n) is 10.3. The van der Waals surface area contributed by atoms with Crippen molar-refractivity contribution in [1.82, 2.24) is 5.32 Å². The predicted molar refractivity (Wildman–Crippen MR) is 81.7 cm³/mol. The molecule has 116 valence electrons. The quantitative estimate of drug-likeness (QED) is 0.491. The topological polar surface area (TPSA) is 78.4 Å². The molecular formula is C11H10F3IN2O3S. The predicted octanol–water partition coefficient (Wildman–Crippen LogP) is 3.36. The largest absolute Gasteiger partial charge is 0.478 e. The molecule has 0 aliphatic carbocycles. The highest BCUT2D eigenvalue weighted by atomic mass is 127. The molecular weight excluding hydrogens is 424 g/mol. The Balaban J connectivity index is 2.54. The van der Waals surface area contributed by atoms with E-state index in [0.29, 0.717) is 3.57 Å². The Morgan fingerprint density at radius 2 is 2.00 bits per heavy atom. The van der Waals surface area contributed by atoms with Gasteiger partial charge in [-0.05, 0) is 52.6 Å². The van der Waals surface area contributed by atoms with Crippen LogP contribution in [0.1, 0.15) is 10.4 Å². The number of alkyl halides is 3. The first-order valence-electron chi connectivity index (χ1n) is 5.47. The molecule has 0 saturated heterocycles. The number of benzene rings is 1. The van der Waals surface area contributed by atoms with Gasteiger partial charge in [-0.15, -0.1) is 0 Å². The van der Waals surface area contributed by atoms with E-state index in [-0.39, 0.29) is 35.3 Å². The number of carbonyl (C=O) groups is 2.